The van der Waals surface area contributed by atoms with Crippen molar-refractivity contribution in [2.45, 2.75) is 64.9 Å². The SMILES string of the molecule is CCCNCC(=O)Oc1c(C)cc(C[n+]2cnn(C[C@](O)(c3ccc(F)cc3F)[C@@H](C)c3nc(-c4ccc(C#N)cc4)cs3)c2)cc1C.O=C(O)C(F)(F)F.[Br-]. The maximum atomic E-state index is 15.3. The molecule has 2 heterocycles. The molecular formula is C38H38BrF5N6O5S. The molecule has 0 saturated carbocycles. The van der Waals surface area contributed by atoms with Crippen molar-refractivity contribution in [1.82, 2.24) is 20.1 Å². The van der Waals surface area contributed by atoms with Crippen LogP contribution in [0.15, 0.2) is 72.6 Å². The van der Waals surface area contributed by atoms with E-state index in [0.29, 0.717) is 28.6 Å². The Morgan fingerprint density at radius 2 is 1.73 bits per heavy atom. The van der Waals surface area contributed by atoms with Crippen molar-refractivity contribution in [3.8, 4) is 23.1 Å². The number of carbonyl (C=O) groups is 2. The number of esters is 1. The highest BCUT2D eigenvalue weighted by Gasteiger charge is 2.43. The second-order valence-corrected chi connectivity index (χ2v) is 13.5. The van der Waals surface area contributed by atoms with Crippen LogP contribution in [0.5, 0.6) is 5.75 Å². The van der Waals surface area contributed by atoms with Crippen LogP contribution in [0.3, 0.4) is 0 Å². The van der Waals surface area contributed by atoms with Crippen LogP contribution in [0.4, 0.5) is 22.0 Å². The molecule has 0 spiro atoms. The Hall–Kier alpha value is -5.09. The summed E-state index contributed by atoms with van der Waals surface area (Å²) in [6, 6.07) is 16.1. The minimum atomic E-state index is -5.08. The van der Waals surface area contributed by atoms with E-state index >= 15 is 4.39 Å². The zero-order valence-corrected chi connectivity index (χ0v) is 33.0. The first-order chi connectivity index (χ1) is 25.9. The van der Waals surface area contributed by atoms with Gasteiger partial charge in [-0.25, -0.2) is 23.1 Å². The maximum Gasteiger partial charge on any atom is 0.490 e. The number of rotatable bonds is 13. The third kappa shape index (κ3) is 11.7. The van der Waals surface area contributed by atoms with E-state index in [2.05, 4.69) is 16.5 Å². The molecule has 5 aromatic rings. The quantitative estimate of drug-likeness (QED) is 0.0532. The van der Waals surface area contributed by atoms with E-state index in [1.807, 2.05) is 42.9 Å². The van der Waals surface area contributed by atoms with Crippen LogP contribution in [0.2, 0.25) is 0 Å². The molecule has 0 aliphatic heterocycles. The molecule has 11 nitrogen and oxygen atoms in total. The molecule has 0 fully saturated rings. The molecule has 0 amide bonds. The summed E-state index contributed by atoms with van der Waals surface area (Å²) in [5.74, 6) is -4.91. The summed E-state index contributed by atoms with van der Waals surface area (Å²) in [4.78, 5) is 25.9. The highest BCUT2D eigenvalue weighted by molar-refractivity contribution is 7.10. The van der Waals surface area contributed by atoms with Crippen LogP contribution in [-0.2, 0) is 28.3 Å². The zero-order chi connectivity index (χ0) is 40.5. The number of nitrogens with zero attached hydrogens (tertiary/aromatic N) is 5. The number of alkyl halides is 3. The molecule has 0 unspecified atom stereocenters. The van der Waals surface area contributed by atoms with E-state index in [0.717, 1.165) is 47.4 Å². The van der Waals surface area contributed by atoms with E-state index in [1.54, 1.807) is 43.8 Å². The predicted octanol–water partition coefficient (Wildman–Crippen LogP) is 3.34. The number of nitriles is 1. The number of aliphatic hydroxyl groups is 1. The van der Waals surface area contributed by atoms with E-state index in [9.17, 15) is 27.5 Å². The normalized spacial score (nSPS) is 12.7. The number of carboxylic acids is 1. The average molecular weight is 866 g/mol. The molecule has 0 bridgehead atoms. The summed E-state index contributed by atoms with van der Waals surface area (Å²) >= 11 is 1.32. The highest BCUT2D eigenvalue weighted by Crippen LogP contribution is 2.41. The van der Waals surface area contributed by atoms with Crippen LogP contribution in [-0.4, -0.2) is 56.2 Å². The molecule has 298 valence electrons. The summed E-state index contributed by atoms with van der Waals surface area (Å²) in [6.45, 7) is 8.71. The Morgan fingerprint density at radius 1 is 1.09 bits per heavy atom. The molecule has 3 aromatic carbocycles. The molecule has 5 rings (SSSR count). The smallest absolute Gasteiger partial charge is 0.490 e. The number of nitrogens with one attached hydrogen (secondary N) is 1. The lowest BCUT2D eigenvalue weighted by molar-refractivity contribution is -0.689. The predicted molar refractivity (Wildman–Crippen MR) is 191 cm³/mol. The van der Waals surface area contributed by atoms with Crippen molar-refractivity contribution in [2.24, 2.45) is 0 Å². The first kappa shape index (κ1) is 45.3. The van der Waals surface area contributed by atoms with Crippen LogP contribution < -0.4 is 31.6 Å². The van der Waals surface area contributed by atoms with Gasteiger partial charge < -0.3 is 37.2 Å². The van der Waals surface area contributed by atoms with Gasteiger partial charge >= 0.3 is 18.1 Å². The van der Waals surface area contributed by atoms with Crippen molar-refractivity contribution in [1.29, 1.82) is 5.26 Å². The molecule has 18 heteroatoms. The van der Waals surface area contributed by atoms with Crippen molar-refractivity contribution in [3.05, 3.63) is 117 Å². The largest absolute Gasteiger partial charge is 1.00 e. The van der Waals surface area contributed by atoms with Crippen LogP contribution >= 0.6 is 11.3 Å². The lowest BCUT2D eigenvalue weighted by Crippen LogP contribution is -3.00. The fourth-order valence-corrected chi connectivity index (χ4v) is 6.60. The fraction of sp³-hybridized carbons (Fsp3) is 0.316. The average Bonchev–Trinajstić information content (AvgIpc) is 3.79. The van der Waals surface area contributed by atoms with Gasteiger partial charge in [-0.3, -0.25) is 4.79 Å². The van der Waals surface area contributed by atoms with Gasteiger partial charge in [0.05, 0.1) is 35.4 Å². The molecule has 0 aliphatic rings. The number of aromatic nitrogens is 4. The van der Waals surface area contributed by atoms with E-state index in [4.69, 9.17) is 24.9 Å². The van der Waals surface area contributed by atoms with Gasteiger partial charge in [0.1, 0.15) is 29.5 Å². The third-order valence-corrected chi connectivity index (χ3v) is 9.42. The number of carboxylic acid groups (broad SMARTS) is 1. The molecule has 0 radical (unpaired) electrons. The Morgan fingerprint density at radius 3 is 2.30 bits per heavy atom. The van der Waals surface area contributed by atoms with Gasteiger partial charge in [-0.05, 0) is 73.8 Å². The van der Waals surface area contributed by atoms with Gasteiger partial charge in [0.25, 0.3) is 6.33 Å². The van der Waals surface area contributed by atoms with Gasteiger partial charge in [0.15, 0.2) is 0 Å². The molecule has 2 atom stereocenters. The Labute approximate surface area is 333 Å². The summed E-state index contributed by atoms with van der Waals surface area (Å²) < 4.78 is 70.0. The van der Waals surface area contributed by atoms with Gasteiger partial charge in [0.2, 0.25) is 6.33 Å². The number of thiazole rings is 1. The molecule has 0 aliphatic carbocycles. The maximum absolute atomic E-state index is 15.3. The van der Waals surface area contributed by atoms with Crippen molar-refractivity contribution < 1.29 is 68.0 Å². The van der Waals surface area contributed by atoms with Gasteiger partial charge in [-0.15, -0.1) is 16.0 Å². The van der Waals surface area contributed by atoms with Crippen LogP contribution in [0.25, 0.3) is 11.3 Å². The van der Waals surface area contributed by atoms with Gasteiger partial charge in [-0.1, -0.05) is 32.0 Å². The second kappa shape index (κ2) is 19.7. The summed E-state index contributed by atoms with van der Waals surface area (Å²) in [7, 11) is 0. The lowest BCUT2D eigenvalue weighted by atomic mass is 9.82. The van der Waals surface area contributed by atoms with E-state index in [1.165, 1.54) is 22.1 Å². The fourth-order valence-electron chi connectivity index (χ4n) is 5.63. The number of benzene rings is 3. The van der Waals surface area contributed by atoms with E-state index < -0.39 is 35.3 Å². The Kier molecular flexibility index (Phi) is 15.9. The minimum Gasteiger partial charge on any atom is -1.00 e. The Balaban J connectivity index is 0.000000960. The van der Waals surface area contributed by atoms with Crippen molar-refractivity contribution in [3.63, 3.8) is 0 Å². The zero-order valence-electron chi connectivity index (χ0n) is 30.6. The first-order valence-electron chi connectivity index (χ1n) is 16.8. The standard InChI is InChI=1S/C36H37F2N6O3S.C2HF3O2.BrH/c1-5-12-40-17-33(45)47-34-23(2)13-27(14-24(34)3)18-43-21-41-44(22-43)20-36(46,30-11-10-29(37)15-31(30)38)25(4)35-42-32(19-48-35)28-8-6-26(16-39)7-9-28;3-2(4,5)1(6)7;/h6-11,13-15,19,21-22,25,40,46H,5,12,17-18,20H2,1-4H3;(H,6,7);1H/q+1;;/p-1/t25-,36+;;/m0../s1. The lowest BCUT2D eigenvalue weighted by Gasteiger charge is -2.32. The topological polar surface area (TPSA) is 154 Å². The van der Waals surface area contributed by atoms with Crippen molar-refractivity contribution >= 4 is 23.3 Å². The molecule has 0 saturated heterocycles. The molecule has 2 aromatic heterocycles. The monoisotopic (exact) mass is 864 g/mol. The van der Waals surface area contributed by atoms with Crippen LogP contribution in [0, 0.1) is 36.8 Å². The summed E-state index contributed by atoms with van der Waals surface area (Å²) in [5.41, 5.74) is 2.64. The summed E-state index contributed by atoms with van der Waals surface area (Å²) in [5, 5.41) is 38.4. The number of carbonyl (C=O) groups excluding carboxylic acids is 1. The number of halogens is 6. The molecule has 56 heavy (non-hydrogen) atoms. The number of aliphatic carboxylic acids is 1. The number of hydrogen-bond donors (Lipinski definition) is 3. The number of hydrogen-bond acceptors (Lipinski definition) is 9. The second-order valence-electron chi connectivity index (χ2n) is 12.7. The third-order valence-electron chi connectivity index (χ3n) is 8.39. The molecule has 3 N–H and O–H groups in total. The van der Waals surface area contributed by atoms with E-state index in [-0.39, 0.29) is 41.6 Å². The summed E-state index contributed by atoms with van der Waals surface area (Å²) in [6.07, 6.45) is -0.846. The Bertz CT molecular complexity index is 2150. The van der Waals surface area contributed by atoms with Crippen LogP contribution in [0.1, 0.15) is 59.0 Å². The molecular weight excluding hydrogens is 827 g/mol. The highest BCUT2D eigenvalue weighted by atomic mass is 79.9. The van der Waals surface area contributed by atoms with Crippen molar-refractivity contribution in [2.75, 3.05) is 13.1 Å². The van der Waals surface area contributed by atoms with Gasteiger partial charge in [-0.2, -0.15) is 18.4 Å². The van der Waals surface area contributed by atoms with Gasteiger partial charge in [0, 0.05) is 33.6 Å². The number of aryl methyl sites for hydroxylation is 2. The number of ether oxygens (including phenoxy) is 1. The first-order valence-corrected chi connectivity index (χ1v) is 17.7. The minimum absolute atomic E-state index is 0.